The highest BCUT2D eigenvalue weighted by Crippen LogP contribution is 2.13. The van der Waals surface area contributed by atoms with E-state index >= 15 is 0 Å². The average Bonchev–Trinajstić information content (AvgIpc) is 2.03. The molecule has 0 fully saturated rings. The Hall–Kier alpha value is -1.11. The highest BCUT2D eigenvalue weighted by Gasteiger charge is 2.12. The predicted molar refractivity (Wildman–Crippen MR) is 49.5 cm³/mol. The molecule has 0 bridgehead atoms. The number of hydrogen-bond acceptors (Lipinski definition) is 1. The first-order chi connectivity index (χ1) is 5.70. The maximum Gasteiger partial charge on any atom is 0.170 e. The van der Waals surface area contributed by atoms with Crippen molar-refractivity contribution < 1.29 is 4.79 Å². The Labute approximate surface area is 73.5 Å². The van der Waals surface area contributed by atoms with Gasteiger partial charge in [0.25, 0.3) is 0 Å². The minimum absolute atomic E-state index is 0.0184. The van der Waals surface area contributed by atoms with E-state index in [-0.39, 0.29) is 11.7 Å². The van der Waals surface area contributed by atoms with Crippen molar-refractivity contribution in [3.05, 3.63) is 36.0 Å². The third-order valence-electron chi connectivity index (χ3n) is 1.78. The van der Waals surface area contributed by atoms with Gasteiger partial charge in [-0.2, -0.15) is 0 Å². The summed E-state index contributed by atoms with van der Waals surface area (Å²) >= 11 is 0. The van der Waals surface area contributed by atoms with Crippen LogP contribution >= 0.6 is 0 Å². The lowest BCUT2D eigenvalue weighted by Crippen LogP contribution is -2.10. The van der Waals surface area contributed by atoms with E-state index in [0.29, 0.717) is 0 Å². The van der Waals surface area contributed by atoms with E-state index in [4.69, 9.17) is 0 Å². The van der Waals surface area contributed by atoms with Crippen LogP contribution in [0, 0.1) is 12.0 Å². The Morgan fingerprint density at radius 2 is 2.42 bits per heavy atom. The van der Waals surface area contributed by atoms with Gasteiger partial charge < -0.3 is 0 Å². The van der Waals surface area contributed by atoms with Crippen molar-refractivity contribution in [1.29, 1.82) is 0 Å². The number of rotatable bonds is 2. The van der Waals surface area contributed by atoms with Crippen LogP contribution in [-0.2, 0) is 4.79 Å². The summed E-state index contributed by atoms with van der Waals surface area (Å²) in [6.45, 7) is 4.08. The zero-order valence-electron chi connectivity index (χ0n) is 7.50. The van der Waals surface area contributed by atoms with E-state index in [1.165, 1.54) is 5.57 Å². The molecular weight excluding hydrogens is 148 g/mol. The summed E-state index contributed by atoms with van der Waals surface area (Å²) in [5.74, 6) is 0.111. The number of carbonyl (C=O) groups excluding carboxylic acids is 1. The van der Waals surface area contributed by atoms with Crippen LogP contribution in [0.25, 0.3) is 0 Å². The Morgan fingerprint density at radius 1 is 1.67 bits per heavy atom. The van der Waals surface area contributed by atoms with Gasteiger partial charge in [0.2, 0.25) is 0 Å². The van der Waals surface area contributed by atoms with E-state index in [1.54, 1.807) is 6.08 Å². The van der Waals surface area contributed by atoms with Gasteiger partial charge in [-0.15, -0.1) is 0 Å². The summed E-state index contributed by atoms with van der Waals surface area (Å²) in [7, 11) is 0. The van der Waals surface area contributed by atoms with Crippen molar-refractivity contribution >= 4 is 5.78 Å². The first-order valence-corrected chi connectivity index (χ1v) is 4.14. The second-order valence-corrected chi connectivity index (χ2v) is 3.18. The molecule has 0 saturated heterocycles. The molecule has 0 aromatic rings. The Kier molecular flexibility index (Phi) is 3.03. The molecule has 1 aliphatic carbocycles. The molecule has 1 nitrogen and oxygen atoms in total. The van der Waals surface area contributed by atoms with Gasteiger partial charge in [-0.1, -0.05) is 29.9 Å². The molecule has 0 N–H and O–H groups in total. The van der Waals surface area contributed by atoms with Crippen LogP contribution in [0.15, 0.2) is 29.9 Å². The third-order valence-corrected chi connectivity index (χ3v) is 1.78. The van der Waals surface area contributed by atoms with Crippen molar-refractivity contribution in [2.75, 3.05) is 0 Å². The number of ketones is 1. The molecule has 0 heterocycles. The van der Waals surface area contributed by atoms with Gasteiger partial charge in [-0.3, -0.25) is 4.79 Å². The van der Waals surface area contributed by atoms with Gasteiger partial charge in [0.05, 0.1) is 0 Å². The molecule has 1 unspecified atom stereocenters. The summed E-state index contributed by atoms with van der Waals surface area (Å²) in [6.07, 6.45) is 11.0. The van der Waals surface area contributed by atoms with Gasteiger partial charge in [-0.25, -0.2) is 0 Å². The fourth-order valence-electron chi connectivity index (χ4n) is 1.06. The predicted octanol–water partition coefficient (Wildman–Crippen LogP) is 2.46. The highest BCUT2D eigenvalue weighted by atomic mass is 16.1. The topological polar surface area (TPSA) is 17.1 Å². The third kappa shape index (κ3) is 2.50. The Balaban J connectivity index is 2.54. The number of Topliss-reactive ketones (excluding diaryl/α,β-unsaturated/α-hetero) is 1. The molecule has 63 valence electrons. The average molecular weight is 161 g/mol. The lowest BCUT2D eigenvalue weighted by atomic mass is 9.95. The van der Waals surface area contributed by atoms with Gasteiger partial charge in [0.1, 0.15) is 0 Å². The first-order valence-electron chi connectivity index (χ1n) is 4.14. The second kappa shape index (κ2) is 4.05. The zero-order chi connectivity index (χ0) is 8.97. The van der Waals surface area contributed by atoms with Crippen LogP contribution in [0.2, 0.25) is 0 Å². The monoisotopic (exact) mass is 161 g/mol. The maximum atomic E-state index is 11.2. The van der Waals surface area contributed by atoms with Crippen molar-refractivity contribution in [2.45, 2.75) is 20.3 Å². The summed E-state index contributed by atoms with van der Waals surface area (Å²) in [5.41, 5.74) is 1.26. The molecule has 0 aromatic heterocycles. The highest BCUT2D eigenvalue weighted by molar-refractivity contribution is 5.90. The standard InChI is InChI=1S/C11H13O/c1-9(2)7-8-10-5-3-4-6-11(10)12/h3-5,7,10H,8H2,1-2H3. The fraction of sp³-hybridized carbons (Fsp3) is 0.364. The smallest absolute Gasteiger partial charge is 0.170 e. The summed E-state index contributed by atoms with van der Waals surface area (Å²) in [5, 5.41) is 0. The van der Waals surface area contributed by atoms with E-state index in [1.807, 2.05) is 26.0 Å². The summed E-state index contributed by atoms with van der Waals surface area (Å²) in [4.78, 5) is 11.2. The number of allylic oxidation sites excluding steroid dienone is 6. The largest absolute Gasteiger partial charge is 0.293 e. The van der Waals surface area contributed by atoms with Gasteiger partial charge in [0.15, 0.2) is 5.78 Å². The van der Waals surface area contributed by atoms with Crippen LogP contribution in [0.4, 0.5) is 0 Å². The van der Waals surface area contributed by atoms with Crippen molar-refractivity contribution in [2.24, 2.45) is 5.92 Å². The van der Waals surface area contributed by atoms with Crippen LogP contribution in [0.1, 0.15) is 20.3 Å². The van der Waals surface area contributed by atoms with Gasteiger partial charge >= 0.3 is 0 Å². The molecule has 1 heteroatoms. The first kappa shape index (κ1) is 8.98. The SMILES string of the molecule is CC(C)=CCC1C=CC=[C]C1=O. The van der Waals surface area contributed by atoms with Crippen LogP contribution in [0.3, 0.4) is 0 Å². The summed E-state index contributed by atoms with van der Waals surface area (Å²) < 4.78 is 0. The molecular formula is C11H13O. The van der Waals surface area contributed by atoms with Gasteiger partial charge in [0, 0.05) is 12.0 Å². The lowest BCUT2D eigenvalue weighted by molar-refractivity contribution is -0.117. The molecule has 12 heavy (non-hydrogen) atoms. The minimum Gasteiger partial charge on any atom is -0.293 e. The van der Waals surface area contributed by atoms with Crippen molar-refractivity contribution in [3.8, 4) is 0 Å². The van der Waals surface area contributed by atoms with Crippen LogP contribution < -0.4 is 0 Å². The summed E-state index contributed by atoms with van der Waals surface area (Å²) in [6, 6.07) is 0. The molecule has 0 aromatic carbocycles. The van der Waals surface area contributed by atoms with E-state index in [0.717, 1.165) is 6.42 Å². The molecule has 0 aliphatic heterocycles. The number of hydrogen-bond donors (Lipinski definition) is 0. The van der Waals surface area contributed by atoms with Crippen molar-refractivity contribution in [1.82, 2.24) is 0 Å². The molecule has 1 rings (SSSR count). The Bertz CT molecular complexity index is 252. The fourth-order valence-corrected chi connectivity index (χ4v) is 1.06. The van der Waals surface area contributed by atoms with E-state index in [9.17, 15) is 4.79 Å². The molecule has 0 spiro atoms. The van der Waals surface area contributed by atoms with Crippen LogP contribution in [0.5, 0.6) is 0 Å². The second-order valence-electron chi connectivity index (χ2n) is 3.18. The number of carbonyl (C=O) groups is 1. The zero-order valence-corrected chi connectivity index (χ0v) is 7.50. The molecule has 0 saturated carbocycles. The lowest BCUT2D eigenvalue weighted by Gasteiger charge is -2.07. The molecule has 0 amide bonds. The Morgan fingerprint density at radius 3 is 3.00 bits per heavy atom. The minimum atomic E-state index is 0.0184. The van der Waals surface area contributed by atoms with Gasteiger partial charge in [-0.05, 0) is 20.3 Å². The van der Waals surface area contributed by atoms with Crippen molar-refractivity contribution in [3.63, 3.8) is 0 Å². The maximum absolute atomic E-state index is 11.2. The normalized spacial score (nSPS) is 21.2. The van der Waals surface area contributed by atoms with Crippen LogP contribution in [-0.4, -0.2) is 5.78 Å². The molecule has 1 atom stereocenters. The van der Waals surface area contributed by atoms with E-state index in [2.05, 4.69) is 12.2 Å². The molecule has 1 radical (unpaired) electrons. The molecule has 1 aliphatic rings. The van der Waals surface area contributed by atoms with E-state index < -0.39 is 0 Å². The quantitative estimate of drug-likeness (QED) is 0.568.